The third kappa shape index (κ3) is 4.78. The zero-order chi connectivity index (χ0) is 30.4. The van der Waals surface area contributed by atoms with E-state index in [2.05, 4.69) is 15.3 Å². The molecule has 3 heterocycles. The van der Waals surface area contributed by atoms with Gasteiger partial charge in [0.25, 0.3) is 5.56 Å². The van der Waals surface area contributed by atoms with Crippen LogP contribution in [0.3, 0.4) is 0 Å². The van der Waals surface area contributed by atoms with Crippen LogP contribution in [0.5, 0.6) is 5.75 Å². The average Bonchev–Trinajstić information content (AvgIpc) is 3.53. The topological polar surface area (TPSA) is 94.1 Å². The molecule has 0 unspecified atom stereocenters. The average molecular weight is 698 g/mol. The molecule has 3 aromatic carbocycles. The molecule has 0 saturated carbocycles. The number of hydrogen-bond donors (Lipinski definition) is 2. The van der Waals surface area contributed by atoms with Crippen LogP contribution in [0.25, 0.3) is 11.2 Å². The largest absolute Gasteiger partial charge is 0.497 e. The van der Waals surface area contributed by atoms with E-state index in [-0.39, 0.29) is 21.5 Å². The Morgan fingerprint density at radius 2 is 1.60 bits per heavy atom. The van der Waals surface area contributed by atoms with Crippen LogP contribution in [0.2, 0.25) is 0 Å². The van der Waals surface area contributed by atoms with Gasteiger partial charge in [0.1, 0.15) is 11.3 Å². The van der Waals surface area contributed by atoms with Gasteiger partial charge in [0.05, 0.1) is 23.8 Å². The molecule has 0 spiro atoms. The number of benzene rings is 3. The maximum Gasteiger partial charge on any atom is 0.280 e. The molecule has 2 N–H and O–H groups in total. The number of rotatable bonds is 8. The molecule has 0 aliphatic carbocycles. The molecule has 222 valence electrons. The Morgan fingerprint density at radius 1 is 1.02 bits per heavy atom. The van der Waals surface area contributed by atoms with Gasteiger partial charge >= 0.3 is 0 Å². The van der Waals surface area contributed by atoms with Gasteiger partial charge in [-0.05, 0) is 35.7 Å². The van der Waals surface area contributed by atoms with Crippen molar-refractivity contribution in [2.24, 2.45) is 5.92 Å². The number of aromatic nitrogens is 4. The number of aromatic amines is 1. The minimum absolute atomic E-state index is 0.0158. The second-order valence-corrected chi connectivity index (χ2v) is 11.6. The fraction of sp³-hybridized carbons (Fsp3) is 0.281. The first-order valence-electron chi connectivity index (χ1n) is 13.8. The Kier molecular flexibility index (Phi) is 7.49. The lowest BCUT2D eigenvalue weighted by molar-refractivity contribution is -0.153. The summed E-state index contributed by atoms with van der Waals surface area (Å²) in [6.45, 7) is 2.78. The number of halogens is 3. The van der Waals surface area contributed by atoms with E-state index in [1.54, 1.807) is 7.11 Å². The van der Waals surface area contributed by atoms with Crippen LogP contribution in [-0.2, 0) is 10.3 Å². The summed E-state index contributed by atoms with van der Waals surface area (Å²) in [4.78, 5) is 25.1. The molecule has 1 saturated heterocycles. The van der Waals surface area contributed by atoms with Crippen molar-refractivity contribution in [3.63, 3.8) is 0 Å². The number of anilines is 1. The number of imidazole rings is 1. The molecule has 5 aromatic rings. The number of nitrogens with zero attached hydrogens (tertiary/aromatic N) is 3. The van der Waals surface area contributed by atoms with E-state index in [0.29, 0.717) is 5.75 Å². The Bertz CT molecular complexity index is 1760. The van der Waals surface area contributed by atoms with Crippen LogP contribution in [0.15, 0.2) is 96.1 Å². The SMILES string of the molecule is COc1ccc(C(Nc2nc3c(ncn3[C@H]3O[C@](F)(CI)[C@@H](C)[C@@]3(C)F)c(=O)[nH]2)(c2ccccc2)c2ccccc2)cc1. The molecule has 0 amide bonds. The van der Waals surface area contributed by atoms with Crippen molar-refractivity contribution in [2.45, 2.75) is 37.1 Å². The van der Waals surface area contributed by atoms with Crippen molar-refractivity contribution in [3.05, 3.63) is 118 Å². The van der Waals surface area contributed by atoms with Gasteiger partial charge in [0.2, 0.25) is 11.8 Å². The molecule has 4 atom stereocenters. The van der Waals surface area contributed by atoms with Gasteiger partial charge in [-0.2, -0.15) is 4.98 Å². The van der Waals surface area contributed by atoms with Crippen molar-refractivity contribution in [2.75, 3.05) is 16.9 Å². The first kappa shape index (κ1) is 29.2. The lowest BCUT2D eigenvalue weighted by Crippen LogP contribution is -2.39. The van der Waals surface area contributed by atoms with Gasteiger partial charge in [-0.15, -0.1) is 0 Å². The molecule has 6 rings (SSSR count). The van der Waals surface area contributed by atoms with E-state index in [0.717, 1.165) is 16.7 Å². The van der Waals surface area contributed by atoms with Crippen LogP contribution in [0.1, 0.15) is 36.8 Å². The highest BCUT2D eigenvalue weighted by atomic mass is 127. The van der Waals surface area contributed by atoms with Gasteiger partial charge in [-0.25, -0.2) is 13.8 Å². The highest BCUT2D eigenvalue weighted by Crippen LogP contribution is 2.52. The highest BCUT2D eigenvalue weighted by Gasteiger charge is 2.62. The minimum Gasteiger partial charge on any atom is -0.497 e. The number of nitrogens with one attached hydrogen (secondary N) is 2. The molecule has 43 heavy (non-hydrogen) atoms. The van der Waals surface area contributed by atoms with E-state index in [1.165, 1.54) is 24.7 Å². The first-order chi connectivity index (χ1) is 20.6. The normalized spacial score (nSPS) is 23.9. The number of methoxy groups -OCH3 is 1. The molecule has 0 radical (unpaired) electrons. The zero-order valence-electron chi connectivity index (χ0n) is 23.7. The van der Waals surface area contributed by atoms with Gasteiger partial charge in [-0.1, -0.05) is 102 Å². The number of alkyl halides is 3. The van der Waals surface area contributed by atoms with Crippen LogP contribution >= 0.6 is 22.6 Å². The minimum atomic E-state index is -2.20. The molecule has 1 aliphatic heterocycles. The van der Waals surface area contributed by atoms with E-state index >= 15 is 8.78 Å². The summed E-state index contributed by atoms with van der Waals surface area (Å²) >= 11 is 1.85. The maximum atomic E-state index is 16.1. The first-order valence-corrected chi connectivity index (χ1v) is 15.3. The predicted octanol–water partition coefficient (Wildman–Crippen LogP) is 6.53. The van der Waals surface area contributed by atoms with Crippen LogP contribution in [0, 0.1) is 5.92 Å². The van der Waals surface area contributed by atoms with Crippen molar-refractivity contribution < 1.29 is 18.3 Å². The summed E-state index contributed by atoms with van der Waals surface area (Å²) in [5.41, 5.74) is -1.05. The molecule has 1 aliphatic rings. The fourth-order valence-corrected chi connectivity index (χ4v) is 6.62. The predicted molar refractivity (Wildman–Crippen MR) is 169 cm³/mol. The molecule has 8 nitrogen and oxygen atoms in total. The smallest absolute Gasteiger partial charge is 0.280 e. The highest BCUT2D eigenvalue weighted by molar-refractivity contribution is 14.1. The van der Waals surface area contributed by atoms with Gasteiger partial charge < -0.3 is 14.8 Å². The maximum absolute atomic E-state index is 16.1. The molecule has 1 fully saturated rings. The van der Waals surface area contributed by atoms with Gasteiger partial charge in [0, 0.05) is 0 Å². The van der Waals surface area contributed by atoms with Crippen molar-refractivity contribution in [3.8, 4) is 5.75 Å². The van der Waals surface area contributed by atoms with E-state index < -0.39 is 34.8 Å². The second-order valence-electron chi connectivity index (χ2n) is 10.8. The summed E-state index contributed by atoms with van der Waals surface area (Å²) in [6, 6.07) is 27.1. The van der Waals surface area contributed by atoms with Crippen molar-refractivity contribution in [1.82, 2.24) is 19.5 Å². The molecule has 0 bridgehead atoms. The third-order valence-electron chi connectivity index (χ3n) is 8.39. The molecule has 2 aromatic heterocycles. The lowest BCUT2D eigenvalue weighted by Gasteiger charge is -2.37. The van der Waals surface area contributed by atoms with Gasteiger partial charge in [-0.3, -0.25) is 14.3 Å². The Hall–Kier alpha value is -3.84. The summed E-state index contributed by atoms with van der Waals surface area (Å²) in [7, 11) is 1.60. The second kappa shape index (κ2) is 11.0. The number of fused-ring (bicyclic) bond motifs is 1. The zero-order valence-corrected chi connectivity index (χ0v) is 25.9. The van der Waals surface area contributed by atoms with Crippen LogP contribution < -0.4 is 15.6 Å². The van der Waals surface area contributed by atoms with Crippen molar-refractivity contribution in [1.29, 1.82) is 0 Å². The van der Waals surface area contributed by atoms with Crippen LogP contribution in [0.4, 0.5) is 14.7 Å². The fourth-order valence-electron chi connectivity index (χ4n) is 5.78. The standard InChI is InChI=1S/C32H30F2IN5O3/c1-20-30(2,33)28(43-31(20,34)18-35)40-19-36-25-26(40)37-29(38-27(25)41)39-32(21-10-6-4-7-11-21,22-12-8-5-9-13-22)23-14-16-24(42-3)17-15-23/h4-17,19-20,28H,18H2,1-3H3,(H2,37,38,39,41)/t20-,28-,30+,31+/m0/s1. The van der Waals surface area contributed by atoms with E-state index in [4.69, 9.17) is 14.5 Å². The Labute approximate surface area is 260 Å². The Morgan fingerprint density at radius 3 is 2.14 bits per heavy atom. The quantitative estimate of drug-likeness (QED) is 0.109. The van der Waals surface area contributed by atoms with Gasteiger partial charge in [0.15, 0.2) is 23.1 Å². The molecule has 11 heteroatoms. The van der Waals surface area contributed by atoms with Crippen LogP contribution in [-0.4, -0.2) is 42.6 Å². The number of H-pyrrole nitrogens is 1. The number of hydrogen-bond acceptors (Lipinski definition) is 6. The molecular formula is C32H30F2IN5O3. The summed E-state index contributed by atoms with van der Waals surface area (Å²) in [6.07, 6.45) is -0.111. The monoisotopic (exact) mass is 697 g/mol. The molecular weight excluding hydrogens is 667 g/mol. The lowest BCUT2D eigenvalue weighted by atomic mass is 9.77. The summed E-state index contributed by atoms with van der Waals surface area (Å²) in [5.74, 6) is -2.48. The summed E-state index contributed by atoms with van der Waals surface area (Å²) < 4.78 is 44.0. The van der Waals surface area contributed by atoms with E-state index in [9.17, 15) is 4.79 Å². The van der Waals surface area contributed by atoms with E-state index in [1.807, 2.05) is 108 Å². The third-order valence-corrected chi connectivity index (χ3v) is 9.43. The number of ether oxygens (including phenoxy) is 2. The Balaban J connectivity index is 1.55. The van der Waals surface area contributed by atoms with Crippen molar-refractivity contribution >= 4 is 39.7 Å². The summed E-state index contributed by atoms with van der Waals surface area (Å²) in [5, 5.41) is 3.52.